The molecule has 0 aliphatic rings. The molecular weight excluding hydrogens is 258 g/mol. The predicted molar refractivity (Wildman–Crippen MR) is 75.3 cm³/mol. The number of fused-ring (bicyclic) bond motifs is 1. The summed E-state index contributed by atoms with van der Waals surface area (Å²) in [7, 11) is 0. The minimum Gasteiger partial charge on any atom is -0.343 e. The molecule has 1 aromatic heterocycles. The highest BCUT2D eigenvalue weighted by Crippen LogP contribution is 2.19. The number of rotatable bonds is 3. The molecule has 0 spiro atoms. The van der Waals surface area contributed by atoms with E-state index in [1.54, 1.807) is 0 Å². The maximum Gasteiger partial charge on any atom is 0.126 e. The fourth-order valence-corrected chi connectivity index (χ4v) is 2.39. The number of benzene rings is 2. The van der Waals surface area contributed by atoms with Crippen molar-refractivity contribution in [2.75, 3.05) is 0 Å². The Labute approximate surface area is 115 Å². The second-order valence-corrected chi connectivity index (χ2v) is 4.82. The van der Waals surface area contributed by atoms with Gasteiger partial charge in [0.1, 0.15) is 11.6 Å². The van der Waals surface area contributed by atoms with Gasteiger partial charge in [-0.15, -0.1) is 0 Å². The minimum absolute atomic E-state index is 0.423. The summed E-state index contributed by atoms with van der Waals surface area (Å²) in [6.07, 6.45) is 1.91. The molecule has 0 radical (unpaired) electrons. The van der Waals surface area contributed by atoms with Crippen LogP contribution in [0.1, 0.15) is 11.1 Å². The Morgan fingerprint density at radius 2 is 1.65 bits per heavy atom. The monoisotopic (exact) mass is 272 g/mol. The molecule has 2 nitrogen and oxygen atoms in total. The van der Waals surface area contributed by atoms with Crippen LogP contribution in [0.15, 0.2) is 48.7 Å². The average Bonchev–Trinajstić information content (AvgIpc) is 2.80. The molecule has 3 rings (SSSR count). The highest BCUT2D eigenvalue weighted by molar-refractivity contribution is 5.80. The van der Waals surface area contributed by atoms with Crippen molar-refractivity contribution in [2.24, 2.45) is 5.73 Å². The Balaban J connectivity index is 2.01. The number of nitrogens with two attached hydrogens (primary N) is 1. The first-order valence-corrected chi connectivity index (χ1v) is 6.38. The highest BCUT2D eigenvalue weighted by Gasteiger charge is 2.05. The topological polar surface area (TPSA) is 30.9 Å². The van der Waals surface area contributed by atoms with E-state index in [1.165, 1.54) is 12.1 Å². The molecule has 0 saturated heterocycles. The van der Waals surface area contributed by atoms with E-state index in [0.717, 1.165) is 22.5 Å². The van der Waals surface area contributed by atoms with Crippen molar-refractivity contribution in [2.45, 2.75) is 13.1 Å². The maximum absolute atomic E-state index is 13.2. The van der Waals surface area contributed by atoms with E-state index in [0.29, 0.717) is 18.7 Å². The first-order chi connectivity index (χ1) is 9.65. The Morgan fingerprint density at radius 1 is 0.900 bits per heavy atom. The van der Waals surface area contributed by atoms with Gasteiger partial charge >= 0.3 is 0 Å². The summed E-state index contributed by atoms with van der Waals surface area (Å²) in [5.41, 5.74) is 8.28. The van der Waals surface area contributed by atoms with Crippen LogP contribution in [-0.4, -0.2) is 4.57 Å². The van der Waals surface area contributed by atoms with Crippen molar-refractivity contribution in [1.29, 1.82) is 0 Å². The summed E-state index contributed by atoms with van der Waals surface area (Å²) in [4.78, 5) is 0. The van der Waals surface area contributed by atoms with Gasteiger partial charge in [-0.25, -0.2) is 8.78 Å². The van der Waals surface area contributed by atoms with E-state index < -0.39 is 11.6 Å². The van der Waals surface area contributed by atoms with Gasteiger partial charge in [0.2, 0.25) is 0 Å². The van der Waals surface area contributed by atoms with Gasteiger partial charge in [-0.1, -0.05) is 12.1 Å². The number of halogens is 2. The molecule has 0 unspecified atom stereocenters. The van der Waals surface area contributed by atoms with E-state index in [2.05, 4.69) is 0 Å². The van der Waals surface area contributed by atoms with Crippen molar-refractivity contribution < 1.29 is 8.78 Å². The quantitative estimate of drug-likeness (QED) is 0.778. The van der Waals surface area contributed by atoms with Gasteiger partial charge in [0.25, 0.3) is 0 Å². The Hall–Kier alpha value is -2.20. The highest BCUT2D eigenvalue weighted by atomic mass is 19.1. The van der Waals surface area contributed by atoms with Gasteiger partial charge in [0, 0.05) is 30.9 Å². The molecule has 20 heavy (non-hydrogen) atoms. The van der Waals surface area contributed by atoms with Gasteiger partial charge in [0.05, 0.1) is 0 Å². The summed E-state index contributed by atoms with van der Waals surface area (Å²) < 4.78 is 28.4. The zero-order valence-corrected chi connectivity index (χ0v) is 10.8. The molecule has 0 atom stereocenters. The van der Waals surface area contributed by atoms with Gasteiger partial charge in [-0.2, -0.15) is 0 Å². The van der Waals surface area contributed by atoms with E-state index in [9.17, 15) is 8.78 Å². The van der Waals surface area contributed by atoms with E-state index in [4.69, 9.17) is 5.73 Å². The van der Waals surface area contributed by atoms with E-state index in [-0.39, 0.29) is 0 Å². The van der Waals surface area contributed by atoms with E-state index in [1.807, 2.05) is 35.0 Å². The maximum atomic E-state index is 13.2. The summed E-state index contributed by atoms with van der Waals surface area (Å²) in [5.74, 6) is -1.11. The largest absolute Gasteiger partial charge is 0.343 e. The van der Waals surface area contributed by atoms with E-state index >= 15 is 0 Å². The molecule has 4 heteroatoms. The third-order valence-electron chi connectivity index (χ3n) is 3.35. The summed E-state index contributed by atoms with van der Waals surface area (Å²) in [5, 5.41) is 1.08. The van der Waals surface area contributed by atoms with Crippen LogP contribution in [0.2, 0.25) is 0 Å². The van der Waals surface area contributed by atoms with Crippen LogP contribution < -0.4 is 5.73 Å². The average molecular weight is 272 g/mol. The fourth-order valence-electron chi connectivity index (χ4n) is 2.39. The first kappa shape index (κ1) is 12.8. The van der Waals surface area contributed by atoms with Crippen molar-refractivity contribution in [3.05, 3.63) is 71.4 Å². The lowest BCUT2D eigenvalue weighted by Crippen LogP contribution is -2.01. The van der Waals surface area contributed by atoms with Gasteiger partial charge < -0.3 is 10.3 Å². The molecule has 2 aromatic carbocycles. The van der Waals surface area contributed by atoms with Crippen LogP contribution in [0.3, 0.4) is 0 Å². The van der Waals surface area contributed by atoms with Gasteiger partial charge in [0.15, 0.2) is 0 Å². The van der Waals surface area contributed by atoms with Crippen LogP contribution in [-0.2, 0) is 13.1 Å². The molecule has 0 aliphatic heterocycles. The Kier molecular flexibility index (Phi) is 3.24. The third kappa shape index (κ3) is 2.42. The van der Waals surface area contributed by atoms with Crippen molar-refractivity contribution in [3.63, 3.8) is 0 Å². The van der Waals surface area contributed by atoms with Crippen molar-refractivity contribution >= 4 is 10.9 Å². The molecule has 102 valence electrons. The van der Waals surface area contributed by atoms with Crippen LogP contribution in [0.4, 0.5) is 8.78 Å². The second kappa shape index (κ2) is 5.06. The lowest BCUT2D eigenvalue weighted by Gasteiger charge is -2.07. The smallest absolute Gasteiger partial charge is 0.126 e. The molecule has 2 N–H and O–H groups in total. The Bertz CT molecular complexity index is 742. The molecule has 0 bridgehead atoms. The molecule has 0 amide bonds. The van der Waals surface area contributed by atoms with Crippen LogP contribution in [0.5, 0.6) is 0 Å². The summed E-state index contributed by atoms with van der Waals surface area (Å²) in [6, 6.07) is 11.5. The normalized spacial score (nSPS) is 11.2. The molecule has 0 saturated carbocycles. The van der Waals surface area contributed by atoms with Crippen LogP contribution in [0, 0.1) is 11.6 Å². The lowest BCUT2D eigenvalue weighted by atomic mass is 10.1. The zero-order valence-electron chi connectivity index (χ0n) is 10.8. The standard InChI is InChI=1S/C16H14F2N2/c17-14-5-12(6-15(18)8-14)10-20-4-3-13-2-1-11(9-19)7-16(13)20/h1-8H,9-10,19H2. The van der Waals surface area contributed by atoms with Gasteiger partial charge in [-0.3, -0.25) is 0 Å². The third-order valence-corrected chi connectivity index (χ3v) is 3.35. The number of hydrogen-bond donors (Lipinski definition) is 1. The van der Waals surface area contributed by atoms with Crippen molar-refractivity contribution in [3.8, 4) is 0 Å². The van der Waals surface area contributed by atoms with Crippen molar-refractivity contribution in [1.82, 2.24) is 4.57 Å². The number of nitrogens with zero attached hydrogens (tertiary/aromatic N) is 1. The summed E-state index contributed by atoms with van der Waals surface area (Å²) in [6.45, 7) is 0.891. The Morgan fingerprint density at radius 3 is 2.35 bits per heavy atom. The molecule has 0 aliphatic carbocycles. The summed E-state index contributed by atoms with van der Waals surface area (Å²) >= 11 is 0. The molecule has 1 heterocycles. The lowest BCUT2D eigenvalue weighted by molar-refractivity contribution is 0.578. The second-order valence-electron chi connectivity index (χ2n) is 4.82. The van der Waals surface area contributed by atoms with Crippen LogP contribution >= 0.6 is 0 Å². The zero-order chi connectivity index (χ0) is 14.1. The van der Waals surface area contributed by atoms with Gasteiger partial charge in [-0.05, 0) is 40.8 Å². The molecular formula is C16H14F2N2. The molecule has 0 fully saturated rings. The molecule has 3 aromatic rings. The number of hydrogen-bond acceptors (Lipinski definition) is 1. The first-order valence-electron chi connectivity index (χ1n) is 6.38. The minimum atomic E-state index is -0.556. The fraction of sp³-hybridized carbons (Fsp3) is 0.125. The SMILES string of the molecule is NCc1ccc2ccn(Cc3cc(F)cc(F)c3)c2c1. The van der Waals surface area contributed by atoms with Crippen LogP contribution in [0.25, 0.3) is 10.9 Å². The number of aromatic nitrogens is 1. The predicted octanol–water partition coefficient (Wildman–Crippen LogP) is 3.43.